The van der Waals surface area contributed by atoms with Gasteiger partial charge in [-0.15, -0.1) is 10.1 Å². The Morgan fingerprint density at radius 3 is 2.82 bits per heavy atom. The van der Waals surface area contributed by atoms with Gasteiger partial charge in [-0.05, 0) is 38.0 Å². The van der Waals surface area contributed by atoms with Gasteiger partial charge >= 0.3 is 5.97 Å². The second-order valence-corrected chi connectivity index (χ2v) is 6.94. The number of benzene rings is 1. The highest BCUT2D eigenvalue weighted by molar-refractivity contribution is 6.30. The second kappa shape index (κ2) is 8.53. The molecule has 2 heterocycles. The van der Waals surface area contributed by atoms with Crippen molar-refractivity contribution in [1.29, 1.82) is 0 Å². The van der Waals surface area contributed by atoms with Crippen LogP contribution in [0.2, 0.25) is 5.02 Å². The Labute approximate surface area is 166 Å². The lowest BCUT2D eigenvalue weighted by molar-refractivity contribution is -0.767. The lowest BCUT2D eigenvalue weighted by atomic mass is 10.0. The quantitative estimate of drug-likeness (QED) is 0.390. The molecule has 0 N–H and O–H groups in total. The van der Waals surface area contributed by atoms with E-state index < -0.39 is 17.2 Å². The minimum Gasteiger partial charge on any atom is -0.424 e. The van der Waals surface area contributed by atoms with Gasteiger partial charge in [0.15, 0.2) is 5.75 Å². The number of rotatable bonds is 7. The number of carbonyl (C=O) groups excluding carboxylic acids is 1. The molecule has 0 spiro atoms. The van der Waals surface area contributed by atoms with Gasteiger partial charge in [-0.1, -0.05) is 23.7 Å². The van der Waals surface area contributed by atoms with E-state index in [1.54, 1.807) is 25.3 Å². The predicted molar refractivity (Wildman–Crippen MR) is 99.5 cm³/mol. The molecule has 0 saturated heterocycles. The maximum atomic E-state index is 12.2. The zero-order valence-corrected chi connectivity index (χ0v) is 16.1. The van der Waals surface area contributed by atoms with Gasteiger partial charge in [-0.3, -0.25) is 9.78 Å². The van der Waals surface area contributed by atoms with Gasteiger partial charge in [-0.25, -0.2) is 0 Å². The average Bonchev–Trinajstić information content (AvgIpc) is 3.07. The van der Waals surface area contributed by atoms with Crippen molar-refractivity contribution in [2.75, 3.05) is 0 Å². The Morgan fingerprint density at radius 2 is 2.14 bits per heavy atom. The maximum absolute atomic E-state index is 12.2. The van der Waals surface area contributed by atoms with Gasteiger partial charge in [0.25, 0.3) is 5.09 Å². The summed E-state index contributed by atoms with van der Waals surface area (Å²) in [5.74, 6) is -0.131. The van der Waals surface area contributed by atoms with E-state index in [1.165, 1.54) is 6.92 Å². The van der Waals surface area contributed by atoms with Crippen molar-refractivity contribution >= 4 is 17.6 Å². The second-order valence-electron chi connectivity index (χ2n) is 6.50. The molecule has 2 unspecified atom stereocenters. The molecule has 1 aliphatic heterocycles. The number of halogens is 1. The number of hydrogen-bond donors (Lipinski definition) is 0. The average molecular weight is 407 g/mol. The van der Waals surface area contributed by atoms with Crippen molar-refractivity contribution in [2.24, 2.45) is 0 Å². The Balaban J connectivity index is 1.74. The minimum atomic E-state index is -0.873. The van der Waals surface area contributed by atoms with Crippen LogP contribution >= 0.6 is 11.6 Å². The van der Waals surface area contributed by atoms with Crippen LogP contribution in [0.15, 0.2) is 30.5 Å². The first-order valence-electron chi connectivity index (χ1n) is 8.72. The van der Waals surface area contributed by atoms with E-state index in [0.717, 1.165) is 16.7 Å². The molecule has 2 aromatic rings. The molecule has 1 aromatic heterocycles. The Morgan fingerprint density at radius 1 is 1.43 bits per heavy atom. The van der Waals surface area contributed by atoms with Gasteiger partial charge in [0, 0.05) is 28.8 Å². The summed E-state index contributed by atoms with van der Waals surface area (Å²) in [5.41, 5.74) is 3.11. The lowest BCUT2D eigenvalue weighted by Gasteiger charge is -2.14. The Hall–Kier alpha value is -2.71. The van der Waals surface area contributed by atoms with Crippen molar-refractivity contribution in [2.45, 2.75) is 45.5 Å². The Bertz CT molecular complexity index is 887. The standard InChI is InChI=1S/C19H19ClN2O6/c1-11(28-22(24)25)3-8-17(23)27-18-12(2)21-9-15-16(18)10-26-19(15)13-4-6-14(20)7-5-13/h4-7,9,11,19H,3,8,10H2,1-2H3. The molecule has 0 amide bonds. The van der Waals surface area contributed by atoms with E-state index in [-0.39, 0.29) is 25.6 Å². The minimum absolute atomic E-state index is 0.0143. The van der Waals surface area contributed by atoms with Gasteiger partial charge < -0.3 is 14.3 Å². The van der Waals surface area contributed by atoms with E-state index in [0.29, 0.717) is 16.5 Å². The zero-order valence-electron chi connectivity index (χ0n) is 15.4. The first-order chi connectivity index (χ1) is 13.3. The number of carbonyl (C=O) groups is 1. The SMILES string of the molecule is Cc1ncc2c(c1OC(=O)CCC(C)O[N+](=O)[O-])COC2c1ccc(Cl)cc1. The van der Waals surface area contributed by atoms with Crippen LogP contribution < -0.4 is 4.74 Å². The van der Waals surface area contributed by atoms with Crippen LogP contribution in [-0.2, 0) is 21.0 Å². The number of aryl methyl sites for hydroxylation is 1. The molecule has 0 bridgehead atoms. The molecule has 1 aromatic carbocycles. The summed E-state index contributed by atoms with van der Waals surface area (Å²) in [6.45, 7) is 3.56. The van der Waals surface area contributed by atoms with Crippen LogP contribution in [0.4, 0.5) is 0 Å². The topological polar surface area (TPSA) is 101 Å². The molecule has 2 atom stereocenters. The molecular weight excluding hydrogens is 388 g/mol. The van der Waals surface area contributed by atoms with Crippen LogP contribution in [0.25, 0.3) is 0 Å². The molecule has 9 heteroatoms. The van der Waals surface area contributed by atoms with E-state index >= 15 is 0 Å². The third-order valence-electron chi connectivity index (χ3n) is 4.43. The largest absolute Gasteiger partial charge is 0.424 e. The summed E-state index contributed by atoms with van der Waals surface area (Å²) in [7, 11) is 0. The molecule has 0 radical (unpaired) electrons. The summed E-state index contributed by atoms with van der Waals surface area (Å²) in [4.78, 5) is 31.3. The zero-order chi connectivity index (χ0) is 20.3. The first-order valence-corrected chi connectivity index (χ1v) is 9.10. The number of nitrogens with zero attached hydrogens (tertiary/aromatic N) is 2. The summed E-state index contributed by atoms with van der Waals surface area (Å²) in [6, 6.07) is 7.33. The van der Waals surface area contributed by atoms with Crippen molar-refractivity contribution in [1.82, 2.24) is 4.98 Å². The molecule has 28 heavy (non-hydrogen) atoms. The molecule has 8 nitrogen and oxygen atoms in total. The third kappa shape index (κ3) is 4.58. The van der Waals surface area contributed by atoms with Crippen LogP contribution in [0.3, 0.4) is 0 Å². The maximum Gasteiger partial charge on any atom is 0.311 e. The van der Waals surface area contributed by atoms with Gasteiger partial charge in [0.2, 0.25) is 0 Å². The number of pyridine rings is 1. The fourth-order valence-electron chi connectivity index (χ4n) is 3.02. The van der Waals surface area contributed by atoms with Crippen molar-refractivity contribution in [3.8, 4) is 5.75 Å². The van der Waals surface area contributed by atoms with Crippen molar-refractivity contribution in [3.05, 3.63) is 68.0 Å². The van der Waals surface area contributed by atoms with Crippen LogP contribution in [0.5, 0.6) is 5.75 Å². The highest BCUT2D eigenvalue weighted by Gasteiger charge is 2.30. The highest BCUT2D eigenvalue weighted by Crippen LogP contribution is 2.41. The van der Waals surface area contributed by atoms with Crippen LogP contribution in [0.1, 0.15) is 48.3 Å². The molecule has 148 valence electrons. The first kappa shape index (κ1) is 20.0. The number of fused-ring (bicyclic) bond motifs is 1. The summed E-state index contributed by atoms with van der Waals surface area (Å²) >= 11 is 5.94. The molecule has 0 saturated carbocycles. The number of hydrogen-bond acceptors (Lipinski definition) is 7. The molecule has 1 aliphatic rings. The number of aromatic nitrogens is 1. The number of esters is 1. The molecule has 3 rings (SSSR count). The smallest absolute Gasteiger partial charge is 0.311 e. The summed E-state index contributed by atoms with van der Waals surface area (Å²) < 4.78 is 11.4. The normalized spacial score (nSPS) is 16.3. The summed E-state index contributed by atoms with van der Waals surface area (Å²) in [5, 5.41) is 10.1. The molecular formula is C19H19ClN2O6. The van der Waals surface area contributed by atoms with Gasteiger partial charge in [0.05, 0.1) is 12.3 Å². The van der Waals surface area contributed by atoms with E-state index in [2.05, 4.69) is 9.82 Å². The summed E-state index contributed by atoms with van der Waals surface area (Å²) in [6.07, 6.45) is 0.874. The van der Waals surface area contributed by atoms with E-state index in [1.807, 2.05) is 12.1 Å². The van der Waals surface area contributed by atoms with E-state index in [4.69, 9.17) is 21.1 Å². The van der Waals surface area contributed by atoms with Crippen molar-refractivity contribution < 1.29 is 24.2 Å². The third-order valence-corrected chi connectivity index (χ3v) is 4.69. The molecule has 0 aliphatic carbocycles. The van der Waals surface area contributed by atoms with E-state index in [9.17, 15) is 14.9 Å². The lowest BCUT2D eigenvalue weighted by Crippen LogP contribution is -2.17. The van der Waals surface area contributed by atoms with Crippen molar-refractivity contribution in [3.63, 3.8) is 0 Å². The molecule has 0 fully saturated rings. The predicted octanol–water partition coefficient (Wildman–Crippen LogP) is 3.95. The Kier molecular flexibility index (Phi) is 6.11. The van der Waals surface area contributed by atoms with Gasteiger partial charge in [0.1, 0.15) is 12.2 Å². The number of ether oxygens (including phenoxy) is 2. The van der Waals surface area contributed by atoms with Crippen LogP contribution in [0, 0.1) is 17.0 Å². The fourth-order valence-corrected chi connectivity index (χ4v) is 3.14. The highest BCUT2D eigenvalue weighted by atomic mass is 35.5. The van der Waals surface area contributed by atoms with Crippen LogP contribution in [-0.4, -0.2) is 22.1 Å². The van der Waals surface area contributed by atoms with Gasteiger partial charge in [-0.2, -0.15) is 0 Å². The fraction of sp³-hybridized carbons (Fsp3) is 0.368. The monoisotopic (exact) mass is 406 g/mol.